The van der Waals surface area contributed by atoms with Crippen molar-refractivity contribution in [2.75, 3.05) is 13.7 Å². The molecule has 2 heterocycles. The highest BCUT2D eigenvalue weighted by atomic mass is 19.1. The predicted octanol–water partition coefficient (Wildman–Crippen LogP) is 1.63. The summed E-state index contributed by atoms with van der Waals surface area (Å²) >= 11 is 0. The van der Waals surface area contributed by atoms with E-state index in [0.29, 0.717) is 11.3 Å². The first-order valence-electron chi connectivity index (χ1n) is 7.49. The number of furan rings is 1. The van der Waals surface area contributed by atoms with Crippen LogP contribution in [0.25, 0.3) is 0 Å². The number of nitrogens with one attached hydrogen (secondary N) is 1. The molecule has 2 aromatic rings. The number of hydrogen-bond donors (Lipinski definition) is 1. The summed E-state index contributed by atoms with van der Waals surface area (Å²) in [4.78, 5) is 25.9. The summed E-state index contributed by atoms with van der Waals surface area (Å²) in [6.07, 6.45) is 0.588. The normalized spacial score (nSPS) is 20.9. The van der Waals surface area contributed by atoms with E-state index >= 15 is 0 Å². The lowest BCUT2D eigenvalue weighted by Gasteiger charge is -2.38. The van der Waals surface area contributed by atoms with Gasteiger partial charge in [-0.15, -0.1) is 0 Å². The lowest BCUT2D eigenvalue weighted by atomic mass is 9.97. The van der Waals surface area contributed by atoms with Crippen LogP contribution in [0.1, 0.15) is 17.4 Å². The third-order valence-electron chi connectivity index (χ3n) is 3.95. The van der Waals surface area contributed by atoms with Gasteiger partial charge in [-0.1, -0.05) is 12.1 Å². The van der Waals surface area contributed by atoms with Crippen molar-refractivity contribution < 1.29 is 23.1 Å². The fourth-order valence-corrected chi connectivity index (χ4v) is 2.71. The summed E-state index contributed by atoms with van der Waals surface area (Å²) in [6.45, 7) is 0.0143. The molecule has 0 spiro atoms. The van der Waals surface area contributed by atoms with E-state index in [1.165, 1.54) is 29.4 Å². The van der Waals surface area contributed by atoms with Crippen molar-refractivity contribution in [2.45, 2.75) is 18.7 Å². The number of carbonyl (C=O) groups is 2. The molecule has 126 valence electrons. The molecule has 7 heteroatoms. The number of morpholine rings is 1. The van der Waals surface area contributed by atoms with Crippen molar-refractivity contribution in [2.24, 2.45) is 0 Å². The number of amides is 2. The van der Waals surface area contributed by atoms with Gasteiger partial charge in [0.2, 0.25) is 5.91 Å². The number of nitrogens with zero attached hydrogens (tertiary/aromatic N) is 1. The molecule has 1 fully saturated rings. The summed E-state index contributed by atoms with van der Waals surface area (Å²) in [7, 11) is 1.58. The first-order chi connectivity index (χ1) is 11.6. The van der Waals surface area contributed by atoms with Crippen molar-refractivity contribution >= 4 is 11.8 Å². The molecule has 6 nitrogen and oxygen atoms in total. The topological polar surface area (TPSA) is 71.8 Å². The van der Waals surface area contributed by atoms with Gasteiger partial charge in [-0.2, -0.15) is 0 Å². The largest absolute Gasteiger partial charge is 0.467 e. The van der Waals surface area contributed by atoms with E-state index in [1.807, 2.05) is 0 Å². The Kier molecular flexibility index (Phi) is 4.61. The summed E-state index contributed by atoms with van der Waals surface area (Å²) in [5, 5.41) is 2.72. The van der Waals surface area contributed by atoms with Crippen LogP contribution >= 0.6 is 0 Å². The zero-order valence-corrected chi connectivity index (χ0v) is 13.1. The zero-order valence-electron chi connectivity index (χ0n) is 13.1. The molecule has 1 aromatic heterocycles. The summed E-state index contributed by atoms with van der Waals surface area (Å²) in [5.41, 5.74) is 0.503. The van der Waals surface area contributed by atoms with Crippen LogP contribution in [-0.2, 0) is 20.9 Å². The monoisotopic (exact) mass is 332 g/mol. The highest BCUT2D eigenvalue weighted by Crippen LogP contribution is 2.29. The number of benzene rings is 1. The number of carbonyl (C=O) groups excluding carboxylic acids is 2. The summed E-state index contributed by atoms with van der Waals surface area (Å²) < 4.78 is 24.2. The average molecular weight is 332 g/mol. The van der Waals surface area contributed by atoms with Crippen molar-refractivity contribution in [3.8, 4) is 0 Å². The van der Waals surface area contributed by atoms with E-state index in [2.05, 4.69) is 5.32 Å². The van der Waals surface area contributed by atoms with Crippen molar-refractivity contribution in [3.63, 3.8) is 0 Å². The maximum absolute atomic E-state index is 13.6. The lowest BCUT2D eigenvalue weighted by molar-refractivity contribution is -0.162. The molecule has 1 N–H and O–H groups in total. The van der Waals surface area contributed by atoms with Gasteiger partial charge in [0.15, 0.2) is 6.10 Å². The van der Waals surface area contributed by atoms with Gasteiger partial charge < -0.3 is 19.4 Å². The molecule has 1 aliphatic heterocycles. The smallest absolute Gasteiger partial charge is 0.252 e. The minimum atomic E-state index is -0.926. The van der Waals surface area contributed by atoms with E-state index < -0.39 is 18.0 Å². The van der Waals surface area contributed by atoms with Crippen LogP contribution in [0.2, 0.25) is 0 Å². The molecule has 3 rings (SSSR count). The number of halogens is 1. The highest BCUT2D eigenvalue weighted by Gasteiger charge is 2.40. The van der Waals surface area contributed by atoms with Crippen molar-refractivity contribution in [1.82, 2.24) is 10.2 Å². The molecule has 0 unspecified atom stereocenters. The molecule has 0 saturated carbocycles. The Hall–Kier alpha value is -2.67. The minimum absolute atomic E-state index is 0.193. The van der Waals surface area contributed by atoms with E-state index in [-0.39, 0.29) is 25.0 Å². The molecule has 2 amide bonds. The second-order valence-electron chi connectivity index (χ2n) is 5.53. The fraction of sp³-hybridized carbons (Fsp3) is 0.294. The first kappa shape index (κ1) is 16.2. The van der Waals surface area contributed by atoms with Gasteiger partial charge in [0.1, 0.15) is 18.2 Å². The molecule has 1 aromatic carbocycles. The van der Waals surface area contributed by atoms with Crippen LogP contribution in [0.3, 0.4) is 0 Å². The molecular formula is C17H17FN2O4. The first-order valence-corrected chi connectivity index (χ1v) is 7.49. The van der Waals surface area contributed by atoms with Gasteiger partial charge in [0.05, 0.1) is 18.8 Å². The Bertz CT molecular complexity index is 732. The molecule has 0 radical (unpaired) electrons. The van der Waals surface area contributed by atoms with Crippen molar-refractivity contribution in [1.29, 1.82) is 0 Å². The second kappa shape index (κ2) is 6.84. The predicted molar refractivity (Wildman–Crippen MR) is 82.2 cm³/mol. The third-order valence-corrected chi connectivity index (χ3v) is 3.95. The maximum atomic E-state index is 13.6. The number of ether oxygens (including phenoxy) is 1. The minimum Gasteiger partial charge on any atom is -0.467 e. The Morgan fingerprint density at radius 2 is 2.21 bits per heavy atom. The molecular weight excluding hydrogens is 315 g/mol. The van der Waals surface area contributed by atoms with E-state index in [4.69, 9.17) is 9.15 Å². The Morgan fingerprint density at radius 1 is 1.38 bits per heavy atom. The van der Waals surface area contributed by atoms with Crippen LogP contribution in [0.4, 0.5) is 4.39 Å². The van der Waals surface area contributed by atoms with E-state index in [1.54, 1.807) is 25.2 Å². The van der Waals surface area contributed by atoms with Gasteiger partial charge in [-0.25, -0.2) is 4.39 Å². The quantitative estimate of drug-likeness (QED) is 0.924. The number of rotatable bonds is 4. The van der Waals surface area contributed by atoms with Crippen LogP contribution in [0, 0.1) is 5.82 Å². The van der Waals surface area contributed by atoms with Crippen LogP contribution < -0.4 is 5.32 Å². The summed E-state index contributed by atoms with van der Waals surface area (Å²) in [6, 6.07) is 8.58. The summed E-state index contributed by atoms with van der Waals surface area (Å²) in [5.74, 6) is -0.487. The van der Waals surface area contributed by atoms with Crippen LogP contribution in [-0.4, -0.2) is 36.5 Å². The lowest BCUT2D eigenvalue weighted by Crippen LogP contribution is -2.52. The van der Waals surface area contributed by atoms with Crippen LogP contribution in [0.15, 0.2) is 47.1 Å². The molecule has 0 aliphatic carbocycles. The fourth-order valence-electron chi connectivity index (χ4n) is 2.71. The second-order valence-corrected chi connectivity index (χ2v) is 5.53. The molecule has 24 heavy (non-hydrogen) atoms. The number of hydrogen-bond acceptors (Lipinski definition) is 4. The van der Waals surface area contributed by atoms with Gasteiger partial charge in [0.25, 0.3) is 5.91 Å². The van der Waals surface area contributed by atoms with Gasteiger partial charge >= 0.3 is 0 Å². The Morgan fingerprint density at radius 3 is 2.92 bits per heavy atom. The average Bonchev–Trinajstić information content (AvgIpc) is 3.08. The third kappa shape index (κ3) is 3.30. The van der Waals surface area contributed by atoms with E-state index in [9.17, 15) is 14.0 Å². The van der Waals surface area contributed by atoms with Gasteiger partial charge in [-0.05, 0) is 29.8 Å². The zero-order chi connectivity index (χ0) is 17.1. The Balaban J connectivity index is 1.80. The van der Waals surface area contributed by atoms with Gasteiger partial charge in [0, 0.05) is 7.05 Å². The number of likely N-dealkylation sites (N-methyl/N-ethyl adjacent to an activating group) is 1. The standard InChI is InChI=1S/C17H17FN2O4/c1-20-14(21)10-24-16(15(20)11-4-2-5-12(18)8-11)17(22)19-9-13-6-3-7-23-13/h2-8,15-16H,9-10H2,1H3,(H,19,22)/t15-,16-/m0/s1. The molecule has 1 aliphatic rings. The van der Waals surface area contributed by atoms with E-state index in [0.717, 1.165) is 0 Å². The molecule has 1 saturated heterocycles. The van der Waals surface area contributed by atoms with Crippen LogP contribution in [0.5, 0.6) is 0 Å². The Labute approximate surface area is 138 Å². The molecule has 2 atom stereocenters. The van der Waals surface area contributed by atoms with Gasteiger partial charge in [-0.3, -0.25) is 9.59 Å². The highest BCUT2D eigenvalue weighted by molar-refractivity contribution is 5.86. The SMILES string of the molecule is CN1C(=O)CO[C@H](C(=O)NCc2ccco2)[C@@H]1c1cccc(F)c1. The molecule has 0 bridgehead atoms. The maximum Gasteiger partial charge on any atom is 0.252 e. The van der Waals surface area contributed by atoms with Crippen molar-refractivity contribution in [3.05, 3.63) is 59.8 Å².